The number of halogens is 5. The van der Waals surface area contributed by atoms with Gasteiger partial charge in [-0.1, -0.05) is 24.3 Å². The molecule has 0 bridgehead atoms. The van der Waals surface area contributed by atoms with Crippen molar-refractivity contribution in [3.8, 4) is 0 Å². The average Bonchev–Trinajstić information content (AvgIpc) is 2.40. The number of aryl methyl sites for hydroxylation is 1. The molecular formula is C15H11BrF4O. The molecule has 0 aliphatic heterocycles. The van der Waals surface area contributed by atoms with Crippen LogP contribution in [0.4, 0.5) is 17.6 Å². The van der Waals surface area contributed by atoms with E-state index in [9.17, 15) is 22.7 Å². The fourth-order valence-electron chi connectivity index (χ4n) is 2.00. The first-order valence-electron chi connectivity index (χ1n) is 6.01. The van der Waals surface area contributed by atoms with Gasteiger partial charge in [-0.2, -0.15) is 13.2 Å². The Morgan fingerprint density at radius 1 is 1.14 bits per heavy atom. The summed E-state index contributed by atoms with van der Waals surface area (Å²) in [5.41, 5.74) is -0.141. The summed E-state index contributed by atoms with van der Waals surface area (Å²) >= 11 is 2.89. The molecule has 1 unspecified atom stereocenters. The van der Waals surface area contributed by atoms with Crippen molar-refractivity contribution in [2.24, 2.45) is 0 Å². The summed E-state index contributed by atoms with van der Waals surface area (Å²) in [4.78, 5) is 0. The third-order valence-electron chi connectivity index (χ3n) is 3.13. The van der Waals surface area contributed by atoms with Crippen LogP contribution in [0.15, 0.2) is 40.9 Å². The lowest BCUT2D eigenvalue weighted by Crippen LogP contribution is -2.09. The molecule has 1 atom stereocenters. The van der Waals surface area contributed by atoms with Gasteiger partial charge in [-0.05, 0) is 51.7 Å². The van der Waals surface area contributed by atoms with Crippen molar-refractivity contribution in [2.45, 2.75) is 19.2 Å². The minimum atomic E-state index is -4.52. The summed E-state index contributed by atoms with van der Waals surface area (Å²) in [6.07, 6.45) is -5.80. The van der Waals surface area contributed by atoms with Crippen molar-refractivity contribution in [1.82, 2.24) is 0 Å². The molecule has 0 spiro atoms. The van der Waals surface area contributed by atoms with E-state index < -0.39 is 23.7 Å². The lowest BCUT2D eigenvalue weighted by atomic mass is 9.98. The lowest BCUT2D eigenvalue weighted by molar-refractivity contribution is -0.138. The van der Waals surface area contributed by atoms with Crippen LogP contribution < -0.4 is 0 Å². The molecule has 1 N–H and O–H groups in total. The van der Waals surface area contributed by atoms with Gasteiger partial charge in [0.15, 0.2) is 0 Å². The smallest absolute Gasteiger partial charge is 0.384 e. The second kappa shape index (κ2) is 5.77. The summed E-state index contributed by atoms with van der Waals surface area (Å²) in [5.74, 6) is -0.436. The third-order valence-corrected chi connectivity index (χ3v) is 4.01. The normalized spacial score (nSPS) is 13.3. The fraction of sp³-hybridized carbons (Fsp3) is 0.200. The highest BCUT2D eigenvalue weighted by Gasteiger charge is 2.34. The van der Waals surface area contributed by atoms with Crippen LogP contribution in [0.25, 0.3) is 0 Å². The molecule has 2 aromatic carbocycles. The summed E-state index contributed by atoms with van der Waals surface area (Å²) in [5, 5.41) is 10.3. The molecule has 0 radical (unpaired) electrons. The first kappa shape index (κ1) is 16.0. The van der Waals surface area contributed by atoms with Crippen LogP contribution in [0.3, 0.4) is 0 Å². The molecule has 21 heavy (non-hydrogen) atoms. The van der Waals surface area contributed by atoms with Gasteiger partial charge in [0.05, 0.1) is 5.56 Å². The monoisotopic (exact) mass is 362 g/mol. The molecule has 0 aliphatic carbocycles. The van der Waals surface area contributed by atoms with E-state index in [1.165, 1.54) is 37.3 Å². The zero-order chi connectivity index (χ0) is 15.8. The van der Waals surface area contributed by atoms with Crippen molar-refractivity contribution in [3.05, 3.63) is 68.9 Å². The molecule has 0 amide bonds. The minimum Gasteiger partial charge on any atom is -0.384 e. The van der Waals surface area contributed by atoms with Crippen molar-refractivity contribution in [3.63, 3.8) is 0 Å². The van der Waals surface area contributed by atoms with Gasteiger partial charge in [-0.15, -0.1) is 0 Å². The van der Waals surface area contributed by atoms with Crippen LogP contribution in [-0.4, -0.2) is 5.11 Å². The van der Waals surface area contributed by atoms with Crippen LogP contribution in [0.2, 0.25) is 0 Å². The van der Waals surface area contributed by atoms with E-state index in [2.05, 4.69) is 15.9 Å². The molecule has 0 saturated carbocycles. The first-order chi connectivity index (χ1) is 9.71. The Bertz CT molecular complexity index is 667. The maximum absolute atomic E-state index is 13.2. The fourth-order valence-corrected chi connectivity index (χ4v) is 2.70. The van der Waals surface area contributed by atoms with E-state index in [1.807, 2.05) is 0 Å². The molecule has 6 heteroatoms. The zero-order valence-corrected chi connectivity index (χ0v) is 12.5. The Labute approximate surface area is 127 Å². The van der Waals surface area contributed by atoms with E-state index >= 15 is 0 Å². The maximum Gasteiger partial charge on any atom is 0.417 e. The van der Waals surface area contributed by atoms with Gasteiger partial charge >= 0.3 is 6.18 Å². The van der Waals surface area contributed by atoms with E-state index in [4.69, 9.17) is 0 Å². The van der Waals surface area contributed by atoms with E-state index in [0.29, 0.717) is 11.1 Å². The van der Waals surface area contributed by atoms with Crippen LogP contribution in [-0.2, 0) is 6.18 Å². The predicted molar refractivity (Wildman–Crippen MR) is 74.3 cm³/mol. The van der Waals surface area contributed by atoms with Crippen molar-refractivity contribution in [2.75, 3.05) is 0 Å². The first-order valence-corrected chi connectivity index (χ1v) is 6.81. The van der Waals surface area contributed by atoms with Gasteiger partial charge in [0.25, 0.3) is 0 Å². The van der Waals surface area contributed by atoms with Crippen molar-refractivity contribution >= 4 is 15.9 Å². The van der Waals surface area contributed by atoms with Crippen molar-refractivity contribution in [1.29, 1.82) is 0 Å². The van der Waals surface area contributed by atoms with Gasteiger partial charge in [0.1, 0.15) is 11.9 Å². The molecule has 0 aromatic heterocycles. The van der Waals surface area contributed by atoms with Gasteiger partial charge in [-0.3, -0.25) is 0 Å². The van der Waals surface area contributed by atoms with Gasteiger partial charge in [-0.25, -0.2) is 4.39 Å². The molecule has 2 rings (SSSR count). The second-order valence-electron chi connectivity index (χ2n) is 4.62. The van der Waals surface area contributed by atoms with Crippen LogP contribution in [0, 0.1) is 12.7 Å². The largest absolute Gasteiger partial charge is 0.417 e. The SMILES string of the molecule is Cc1cc(C(O)c2cccc(C(F)(F)F)c2Br)ccc1F. The van der Waals surface area contributed by atoms with Crippen molar-refractivity contribution < 1.29 is 22.7 Å². The quantitative estimate of drug-likeness (QED) is 0.745. The lowest BCUT2D eigenvalue weighted by Gasteiger charge is -2.17. The number of rotatable bonds is 2. The molecule has 112 valence electrons. The molecule has 0 aliphatic rings. The number of alkyl halides is 3. The molecule has 0 saturated heterocycles. The molecule has 2 aromatic rings. The van der Waals surface area contributed by atoms with Crippen LogP contribution >= 0.6 is 15.9 Å². The highest BCUT2D eigenvalue weighted by atomic mass is 79.9. The highest BCUT2D eigenvalue weighted by molar-refractivity contribution is 9.10. The van der Waals surface area contributed by atoms with Crippen LogP contribution in [0.5, 0.6) is 0 Å². The van der Waals surface area contributed by atoms with Gasteiger partial charge in [0.2, 0.25) is 0 Å². The summed E-state index contributed by atoms with van der Waals surface area (Å²) < 4.78 is 51.6. The Balaban J connectivity index is 2.48. The minimum absolute atomic E-state index is 0.0795. The van der Waals surface area contributed by atoms with Crippen LogP contribution in [0.1, 0.15) is 28.4 Å². The predicted octanol–water partition coefficient (Wildman–Crippen LogP) is 5.00. The Kier molecular flexibility index (Phi) is 4.39. The van der Waals surface area contributed by atoms with Gasteiger partial charge in [0, 0.05) is 4.47 Å². The second-order valence-corrected chi connectivity index (χ2v) is 5.41. The molecule has 1 nitrogen and oxygen atoms in total. The number of aliphatic hydroxyl groups is 1. The molecule has 0 fully saturated rings. The Morgan fingerprint density at radius 3 is 2.38 bits per heavy atom. The number of benzene rings is 2. The summed E-state index contributed by atoms with van der Waals surface area (Å²) in [6.45, 7) is 1.52. The zero-order valence-electron chi connectivity index (χ0n) is 10.9. The van der Waals surface area contributed by atoms with Gasteiger partial charge < -0.3 is 5.11 Å². The molecule has 0 heterocycles. The van der Waals surface area contributed by atoms with E-state index in [1.54, 1.807) is 0 Å². The standard InChI is InChI=1S/C15H11BrF4O/c1-8-7-9(5-6-12(8)17)14(21)10-3-2-4-11(13(10)16)15(18,19)20/h2-7,14,21H,1H3. The third kappa shape index (κ3) is 3.27. The van der Waals surface area contributed by atoms with E-state index in [-0.39, 0.29) is 10.0 Å². The number of hydrogen-bond acceptors (Lipinski definition) is 1. The summed E-state index contributed by atoms with van der Waals surface area (Å²) in [7, 11) is 0. The number of aliphatic hydroxyl groups excluding tert-OH is 1. The summed E-state index contributed by atoms with van der Waals surface area (Å²) in [6, 6.07) is 7.48. The molecular weight excluding hydrogens is 352 g/mol. The number of hydrogen-bond donors (Lipinski definition) is 1. The maximum atomic E-state index is 13.2. The average molecular weight is 363 g/mol. The van der Waals surface area contributed by atoms with E-state index in [0.717, 1.165) is 6.07 Å². The Hall–Kier alpha value is -1.40. The highest BCUT2D eigenvalue weighted by Crippen LogP contribution is 2.39. The Morgan fingerprint density at radius 2 is 1.81 bits per heavy atom. The topological polar surface area (TPSA) is 20.2 Å².